The highest BCUT2D eigenvalue weighted by Crippen LogP contribution is 2.51. The number of hydrogen-bond acceptors (Lipinski definition) is 1. The van der Waals surface area contributed by atoms with Crippen molar-refractivity contribution in [1.82, 2.24) is 0 Å². The Labute approximate surface area is 222 Å². The van der Waals surface area contributed by atoms with E-state index in [2.05, 4.69) is 136 Å². The van der Waals surface area contributed by atoms with E-state index in [1.54, 1.807) is 0 Å². The lowest BCUT2D eigenvalue weighted by molar-refractivity contribution is 1.21. The fraction of sp³-hybridized carbons (Fsp3) is 0.200. The molecule has 0 heterocycles. The summed E-state index contributed by atoms with van der Waals surface area (Å²) in [6, 6.07) is 32.3. The number of anilines is 3. The molecule has 0 saturated heterocycles. The van der Waals surface area contributed by atoms with E-state index in [4.69, 9.17) is 0 Å². The first kappa shape index (κ1) is 23.9. The van der Waals surface area contributed by atoms with Gasteiger partial charge in [-0.2, -0.15) is 0 Å². The van der Waals surface area contributed by atoms with Crippen molar-refractivity contribution in [1.29, 1.82) is 0 Å². The quantitative estimate of drug-likeness (QED) is 0.217. The Kier molecular flexibility index (Phi) is 5.51. The second-order valence-electron chi connectivity index (χ2n) is 11.4. The zero-order valence-electron chi connectivity index (χ0n) is 22.9. The van der Waals surface area contributed by atoms with E-state index >= 15 is 0 Å². The number of rotatable bonds is 4. The van der Waals surface area contributed by atoms with Crippen molar-refractivity contribution in [3.05, 3.63) is 107 Å². The van der Waals surface area contributed by atoms with Crippen LogP contribution in [0.1, 0.15) is 22.3 Å². The minimum Gasteiger partial charge on any atom is -0.310 e. The third-order valence-corrected chi connectivity index (χ3v) is 9.32. The van der Waals surface area contributed by atoms with Crippen molar-refractivity contribution in [2.24, 2.45) is 0 Å². The first-order chi connectivity index (χ1) is 17.6. The highest BCUT2D eigenvalue weighted by molar-refractivity contribution is 8.32. The fourth-order valence-electron chi connectivity index (χ4n) is 5.96. The van der Waals surface area contributed by atoms with Crippen LogP contribution in [-0.2, 0) is 0 Å². The molecule has 6 aromatic rings. The van der Waals surface area contributed by atoms with Gasteiger partial charge in [0.2, 0.25) is 0 Å². The Morgan fingerprint density at radius 1 is 0.514 bits per heavy atom. The Morgan fingerprint density at radius 2 is 1.03 bits per heavy atom. The summed E-state index contributed by atoms with van der Waals surface area (Å²) in [5.74, 6) is 0. The average Bonchev–Trinajstić information content (AvgIpc) is 2.84. The Balaban J connectivity index is 1.66. The van der Waals surface area contributed by atoms with Gasteiger partial charge in [0.1, 0.15) is 0 Å². The number of hydrogen-bond donors (Lipinski definition) is 0. The molecule has 186 valence electrons. The van der Waals surface area contributed by atoms with Crippen LogP contribution in [0.15, 0.2) is 89.8 Å². The van der Waals surface area contributed by atoms with E-state index in [9.17, 15) is 0 Å². The molecule has 0 spiro atoms. The second kappa shape index (κ2) is 8.53. The number of benzene rings is 6. The molecule has 0 fully saturated rings. The van der Waals surface area contributed by atoms with Crippen molar-refractivity contribution in [3.63, 3.8) is 0 Å². The van der Waals surface area contributed by atoms with Gasteiger partial charge in [-0.15, -0.1) is 0 Å². The minimum atomic E-state index is -0.846. The van der Waals surface area contributed by atoms with Crippen molar-refractivity contribution >= 4 is 59.4 Å². The third-order valence-electron chi connectivity index (χ3n) is 7.65. The van der Waals surface area contributed by atoms with Crippen LogP contribution >= 0.6 is 10.0 Å². The first-order valence-electron chi connectivity index (χ1n) is 13.0. The molecule has 0 radical (unpaired) electrons. The van der Waals surface area contributed by atoms with Gasteiger partial charge in [0.25, 0.3) is 0 Å². The van der Waals surface area contributed by atoms with Crippen LogP contribution in [0.2, 0.25) is 0 Å². The number of aryl methyl sites for hydroxylation is 4. The highest BCUT2D eigenvalue weighted by Gasteiger charge is 2.20. The molecule has 0 bridgehead atoms. The SMILES string of the molecule is Cc1ccc(N(c2cc3ccc4ccc(S(C)(C)C)c5ccc(c2)c3c45)c2ccc(C)cc2C)c(C)c1. The molecule has 6 rings (SSSR count). The van der Waals surface area contributed by atoms with Gasteiger partial charge >= 0.3 is 0 Å². The molecule has 0 saturated carbocycles. The Morgan fingerprint density at radius 3 is 1.57 bits per heavy atom. The monoisotopic (exact) mass is 501 g/mol. The molecule has 2 heteroatoms. The van der Waals surface area contributed by atoms with Gasteiger partial charge in [-0.25, -0.2) is 10.0 Å². The predicted molar refractivity (Wildman–Crippen MR) is 167 cm³/mol. The molecule has 0 atom stereocenters. The lowest BCUT2D eigenvalue weighted by Crippen LogP contribution is -2.13. The van der Waals surface area contributed by atoms with E-state index in [1.165, 1.54) is 76.5 Å². The van der Waals surface area contributed by atoms with Crippen LogP contribution in [0.4, 0.5) is 17.1 Å². The van der Waals surface area contributed by atoms with Crippen LogP contribution in [0.5, 0.6) is 0 Å². The average molecular weight is 502 g/mol. The molecular weight excluding hydrogens is 466 g/mol. The summed E-state index contributed by atoms with van der Waals surface area (Å²) in [4.78, 5) is 3.94. The number of nitrogens with zero attached hydrogens (tertiary/aromatic N) is 1. The second-order valence-corrected chi connectivity index (χ2v) is 15.5. The summed E-state index contributed by atoms with van der Waals surface area (Å²) in [5, 5.41) is 8.12. The molecule has 1 nitrogen and oxygen atoms in total. The van der Waals surface area contributed by atoms with Crippen molar-refractivity contribution in [3.8, 4) is 0 Å². The smallest absolute Gasteiger partial charge is 0.0491 e. The van der Waals surface area contributed by atoms with Gasteiger partial charge < -0.3 is 4.90 Å². The molecule has 0 aliphatic rings. The molecule has 0 aliphatic heterocycles. The topological polar surface area (TPSA) is 3.24 Å². The van der Waals surface area contributed by atoms with Crippen molar-refractivity contribution < 1.29 is 0 Å². The minimum absolute atomic E-state index is 0.846. The van der Waals surface area contributed by atoms with Crippen LogP contribution in [0, 0.1) is 27.7 Å². The van der Waals surface area contributed by atoms with E-state index < -0.39 is 10.0 Å². The van der Waals surface area contributed by atoms with Crippen LogP contribution in [-0.4, -0.2) is 18.8 Å². The van der Waals surface area contributed by atoms with Gasteiger partial charge in [-0.1, -0.05) is 65.7 Å². The van der Waals surface area contributed by atoms with E-state index in [0.717, 1.165) is 0 Å². The van der Waals surface area contributed by atoms with Gasteiger partial charge in [-0.05, 0) is 125 Å². The van der Waals surface area contributed by atoms with Crippen LogP contribution in [0.3, 0.4) is 0 Å². The van der Waals surface area contributed by atoms with Gasteiger partial charge in [0.05, 0.1) is 0 Å². The predicted octanol–water partition coefficient (Wildman–Crippen LogP) is 10.3. The summed E-state index contributed by atoms with van der Waals surface area (Å²) >= 11 is 0. The van der Waals surface area contributed by atoms with E-state index in [0.29, 0.717) is 0 Å². The zero-order chi connectivity index (χ0) is 26.1. The maximum absolute atomic E-state index is 2.45. The Hall–Kier alpha value is -3.49. The maximum Gasteiger partial charge on any atom is 0.0491 e. The Bertz CT molecular complexity index is 1730. The van der Waals surface area contributed by atoms with Gasteiger partial charge in [0.15, 0.2) is 0 Å². The van der Waals surface area contributed by atoms with E-state index in [1.807, 2.05) is 0 Å². The van der Waals surface area contributed by atoms with Gasteiger partial charge in [-0.3, -0.25) is 0 Å². The van der Waals surface area contributed by atoms with Crippen molar-refractivity contribution in [2.75, 3.05) is 23.7 Å². The standard InChI is InChI=1S/C35H35NS/c1-22-8-15-31(24(3)18-22)36(32-16-9-23(2)19-25(32)4)29-20-27-11-10-26-13-17-33(37(5,6)7)30-14-12-28(21-29)34(27)35(26)30/h8-21H,1-7H3. The molecule has 6 aromatic carbocycles. The van der Waals surface area contributed by atoms with Crippen molar-refractivity contribution in [2.45, 2.75) is 32.6 Å². The fourth-order valence-corrected chi connectivity index (χ4v) is 7.27. The molecule has 0 amide bonds. The molecular formula is C35H35NS. The van der Waals surface area contributed by atoms with E-state index in [-0.39, 0.29) is 0 Å². The summed E-state index contributed by atoms with van der Waals surface area (Å²) in [5.41, 5.74) is 8.79. The molecule has 0 N–H and O–H groups in total. The van der Waals surface area contributed by atoms with Crippen LogP contribution in [0.25, 0.3) is 32.3 Å². The first-order valence-corrected chi connectivity index (χ1v) is 15.8. The lowest BCUT2D eigenvalue weighted by Gasteiger charge is -2.30. The zero-order valence-corrected chi connectivity index (χ0v) is 23.8. The lowest BCUT2D eigenvalue weighted by atomic mass is 9.93. The van der Waals surface area contributed by atoms with Gasteiger partial charge in [0, 0.05) is 17.1 Å². The summed E-state index contributed by atoms with van der Waals surface area (Å²) < 4.78 is 0. The summed E-state index contributed by atoms with van der Waals surface area (Å²) in [6.07, 6.45) is 7.18. The maximum atomic E-state index is 2.45. The highest BCUT2D eigenvalue weighted by atomic mass is 32.3. The normalized spacial score (nSPS) is 12.6. The summed E-state index contributed by atoms with van der Waals surface area (Å²) in [7, 11) is -0.846. The molecule has 0 aromatic heterocycles. The molecule has 0 aliphatic carbocycles. The third kappa shape index (κ3) is 3.95. The van der Waals surface area contributed by atoms with Crippen LogP contribution < -0.4 is 4.90 Å². The molecule has 0 unspecified atom stereocenters. The molecule has 37 heavy (non-hydrogen) atoms. The summed E-state index contributed by atoms with van der Waals surface area (Å²) in [6.45, 7) is 8.78. The largest absolute Gasteiger partial charge is 0.310 e.